The smallest absolute Gasteiger partial charge is 0.242 e. The van der Waals surface area contributed by atoms with Gasteiger partial charge in [-0.2, -0.15) is 0 Å². The molecule has 3 aromatic rings. The van der Waals surface area contributed by atoms with E-state index in [2.05, 4.69) is 20.7 Å². The van der Waals surface area contributed by atoms with E-state index >= 15 is 0 Å². The minimum atomic E-state index is -3.66. The topological polar surface area (TPSA) is 107 Å². The highest BCUT2D eigenvalue weighted by molar-refractivity contribution is 7.89. The van der Waals surface area contributed by atoms with Crippen molar-refractivity contribution in [3.8, 4) is 0 Å². The van der Waals surface area contributed by atoms with Crippen LogP contribution in [-0.4, -0.2) is 55.1 Å². The zero-order valence-electron chi connectivity index (χ0n) is 20.1. The number of hydrazine groups is 1. The summed E-state index contributed by atoms with van der Waals surface area (Å²) in [4.78, 5) is 21.3. The summed E-state index contributed by atoms with van der Waals surface area (Å²) < 4.78 is 27.5. The number of halogens is 1. The van der Waals surface area contributed by atoms with E-state index in [1.807, 2.05) is 29.3 Å². The number of aromatic nitrogens is 1. The van der Waals surface area contributed by atoms with E-state index in [0.717, 1.165) is 22.5 Å². The number of carbonyl (C=O) groups is 1. The normalized spacial score (nSPS) is 15.2. The molecule has 3 heterocycles. The van der Waals surface area contributed by atoms with Crippen LogP contribution < -0.4 is 10.7 Å². The van der Waals surface area contributed by atoms with Crippen LogP contribution in [0.3, 0.4) is 0 Å². The average molecular weight is 537 g/mol. The second-order valence-corrected chi connectivity index (χ2v) is 11.2. The number of pyridine rings is 1. The molecule has 0 bridgehead atoms. The first-order valence-electron chi connectivity index (χ1n) is 11.6. The zero-order valence-corrected chi connectivity index (χ0v) is 21.6. The molecule has 2 N–H and O–H groups in total. The SMILES string of the molecule is CN(CCc1ccccn1)S(=O)(=O)c1ccc(NN2CN=CC3=C2c2ccc(Cl)cc2NC(=O)C3)cc1. The fraction of sp³-hybridized carbons (Fsp3) is 0.192. The molecule has 0 saturated carbocycles. The van der Waals surface area contributed by atoms with Crippen LogP contribution >= 0.6 is 11.6 Å². The highest BCUT2D eigenvalue weighted by atomic mass is 35.5. The summed E-state index contributed by atoms with van der Waals surface area (Å²) in [7, 11) is -2.10. The number of carbonyl (C=O) groups excluding carboxylic acids is 1. The molecule has 2 aromatic carbocycles. The zero-order chi connectivity index (χ0) is 26.0. The van der Waals surface area contributed by atoms with Gasteiger partial charge in [-0.15, -0.1) is 0 Å². The number of anilines is 2. The molecular formula is C26H25ClN6O3S. The number of hydrogen-bond donors (Lipinski definition) is 2. The molecular weight excluding hydrogens is 512 g/mol. The van der Waals surface area contributed by atoms with Crippen LogP contribution in [0.2, 0.25) is 5.02 Å². The van der Waals surface area contributed by atoms with Crippen molar-refractivity contribution in [3.63, 3.8) is 0 Å². The van der Waals surface area contributed by atoms with Gasteiger partial charge in [-0.05, 0) is 54.6 Å². The molecule has 0 radical (unpaired) electrons. The second-order valence-electron chi connectivity index (χ2n) is 8.70. The quantitative estimate of drug-likeness (QED) is 0.472. The Hall–Kier alpha value is -3.73. The monoisotopic (exact) mass is 536 g/mol. The second kappa shape index (κ2) is 10.3. The minimum absolute atomic E-state index is 0.149. The summed E-state index contributed by atoms with van der Waals surface area (Å²) in [5.74, 6) is -0.149. The van der Waals surface area contributed by atoms with E-state index in [0.29, 0.717) is 36.0 Å². The van der Waals surface area contributed by atoms with Gasteiger partial charge in [0.1, 0.15) is 6.67 Å². The number of amides is 1. The lowest BCUT2D eigenvalue weighted by molar-refractivity contribution is -0.115. The molecule has 0 atom stereocenters. The molecule has 2 aliphatic heterocycles. The van der Waals surface area contributed by atoms with Gasteiger partial charge in [-0.3, -0.25) is 25.2 Å². The number of aliphatic imine (C=N–C) groups is 1. The standard InChI is InChI=1S/C26H25ClN6O3S/c1-32(13-11-20-4-2-3-12-29-20)37(35,36)22-8-6-21(7-9-22)31-33-17-28-16-18-14-25(34)30-24-15-19(27)5-10-23(24)26(18)33/h2-10,12,15-16,31H,11,13-14,17H2,1H3,(H,30,34). The molecule has 11 heteroatoms. The van der Waals surface area contributed by atoms with Gasteiger partial charge in [0.2, 0.25) is 15.9 Å². The van der Waals surface area contributed by atoms with E-state index in [1.165, 1.54) is 4.31 Å². The van der Waals surface area contributed by atoms with Crippen LogP contribution in [0.25, 0.3) is 5.70 Å². The lowest BCUT2D eigenvalue weighted by Gasteiger charge is -2.31. The summed E-state index contributed by atoms with van der Waals surface area (Å²) in [6.07, 6.45) is 4.10. The fourth-order valence-electron chi connectivity index (χ4n) is 4.25. The Morgan fingerprint density at radius 2 is 1.95 bits per heavy atom. The molecule has 2 aliphatic rings. The van der Waals surface area contributed by atoms with Gasteiger partial charge < -0.3 is 5.32 Å². The first-order valence-corrected chi connectivity index (χ1v) is 13.5. The molecule has 0 aliphatic carbocycles. The third-order valence-electron chi connectivity index (χ3n) is 6.14. The predicted octanol–water partition coefficient (Wildman–Crippen LogP) is 4.02. The third-order valence-corrected chi connectivity index (χ3v) is 8.25. The van der Waals surface area contributed by atoms with Gasteiger partial charge in [0.15, 0.2) is 0 Å². The number of sulfonamides is 1. The van der Waals surface area contributed by atoms with Gasteiger partial charge in [-0.25, -0.2) is 12.7 Å². The Morgan fingerprint density at radius 3 is 2.70 bits per heavy atom. The van der Waals surface area contributed by atoms with Crippen LogP contribution in [0, 0.1) is 0 Å². The maximum Gasteiger partial charge on any atom is 0.242 e. The molecule has 1 aromatic heterocycles. The first-order chi connectivity index (χ1) is 17.8. The highest BCUT2D eigenvalue weighted by Crippen LogP contribution is 2.36. The van der Waals surface area contributed by atoms with Crippen molar-refractivity contribution >= 4 is 50.8 Å². The number of hydrogen-bond acceptors (Lipinski definition) is 7. The van der Waals surface area contributed by atoms with Crippen molar-refractivity contribution in [1.82, 2.24) is 14.3 Å². The van der Waals surface area contributed by atoms with Crippen molar-refractivity contribution in [2.45, 2.75) is 17.7 Å². The molecule has 0 spiro atoms. The van der Waals surface area contributed by atoms with Crippen LogP contribution in [0.5, 0.6) is 0 Å². The number of nitrogens with one attached hydrogen (secondary N) is 2. The lowest BCUT2D eigenvalue weighted by Crippen LogP contribution is -2.32. The molecule has 0 fully saturated rings. The van der Waals surface area contributed by atoms with Crippen molar-refractivity contribution in [2.75, 3.05) is 31.0 Å². The first kappa shape index (κ1) is 24.9. The Balaban J connectivity index is 1.34. The van der Waals surface area contributed by atoms with Crippen molar-refractivity contribution in [2.24, 2.45) is 4.99 Å². The Labute approximate surface area is 220 Å². The van der Waals surface area contributed by atoms with Crippen LogP contribution in [0.1, 0.15) is 17.7 Å². The summed E-state index contributed by atoms with van der Waals surface area (Å²) in [5.41, 5.74) is 7.84. The molecule has 1 amide bonds. The van der Waals surface area contributed by atoms with Crippen LogP contribution in [-0.2, 0) is 21.2 Å². The van der Waals surface area contributed by atoms with E-state index in [4.69, 9.17) is 11.6 Å². The van der Waals surface area contributed by atoms with Crippen molar-refractivity contribution < 1.29 is 13.2 Å². The van der Waals surface area contributed by atoms with Crippen molar-refractivity contribution in [1.29, 1.82) is 0 Å². The summed E-state index contributed by atoms with van der Waals surface area (Å²) in [6.45, 7) is 0.629. The minimum Gasteiger partial charge on any atom is -0.325 e. The number of rotatable bonds is 7. The van der Waals surface area contributed by atoms with Gasteiger partial charge >= 0.3 is 0 Å². The summed E-state index contributed by atoms with van der Waals surface area (Å²) in [6, 6.07) is 17.5. The summed E-state index contributed by atoms with van der Waals surface area (Å²) in [5, 5.41) is 5.26. The number of fused-ring (bicyclic) bond motifs is 2. The van der Waals surface area contributed by atoms with Gasteiger partial charge in [0, 0.05) is 54.3 Å². The molecule has 9 nitrogen and oxygen atoms in total. The van der Waals surface area contributed by atoms with Crippen LogP contribution in [0.15, 0.2) is 82.3 Å². The Kier molecular flexibility index (Phi) is 6.96. The van der Waals surface area contributed by atoms with E-state index in [1.54, 1.807) is 55.9 Å². The van der Waals surface area contributed by atoms with Gasteiger partial charge in [0.25, 0.3) is 0 Å². The molecule has 0 saturated heterocycles. The van der Waals surface area contributed by atoms with Crippen LogP contribution in [0.4, 0.5) is 11.4 Å². The van der Waals surface area contributed by atoms with Gasteiger partial charge in [-0.1, -0.05) is 17.7 Å². The van der Waals surface area contributed by atoms with E-state index in [-0.39, 0.29) is 17.2 Å². The van der Waals surface area contributed by atoms with Crippen molar-refractivity contribution in [3.05, 3.63) is 88.7 Å². The third kappa shape index (κ3) is 5.36. The maximum atomic E-state index is 13.1. The summed E-state index contributed by atoms with van der Waals surface area (Å²) >= 11 is 6.17. The molecule has 5 rings (SSSR count). The molecule has 0 unspecified atom stereocenters. The molecule has 190 valence electrons. The lowest BCUT2D eigenvalue weighted by atomic mass is 10.0. The predicted molar refractivity (Wildman–Crippen MR) is 145 cm³/mol. The van der Waals surface area contributed by atoms with E-state index in [9.17, 15) is 13.2 Å². The Bertz CT molecular complexity index is 1490. The number of likely N-dealkylation sites (N-methyl/N-ethyl adjacent to an activating group) is 1. The largest absolute Gasteiger partial charge is 0.325 e. The maximum absolute atomic E-state index is 13.1. The molecule has 37 heavy (non-hydrogen) atoms. The number of nitrogens with zero attached hydrogens (tertiary/aromatic N) is 4. The Morgan fingerprint density at radius 1 is 1.14 bits per heavy atom. The van der Waals surface area contributed by atoms with E-state index < -0.39 is 10.0 Å². The van der Waals surface area contributed by atoms with Gasteiger partial charge in [0.05, 0.1) is 28.4 Å². The fourth-order valence-corrected chi connectivity index (χ4v) is 5.59. The average Bonchev–Trinajstić information content (AvgIpc) is 3.03. The number of benzene rings is 2. The highest BCUT2D eigenvalue weighted by Gasteiger charge is 2.27.